The van der Waals surface area contributed by atoms with Crippen LogP contribution >= 0.6 is 0 Å². The number of hydrogen-bond donors (Lipinski definition) is 1. The average Bonchev–Trinajstić information content (AvgIpc) is 2.56. The molecule has 1 aromatic rings. The molecular weight excluding hydrogens is 276 g/mol. The zero-order valence-electron chi connectivity index (χ0n) is 13.8. The minimum absolute atomic E-state index is 0.752. The molecule has 0 unspecified atom stereocenters. The number of likely N-dealkylation sites (N-methyl/N-ethyl adjacent to an activating group) is 1. The van der Waals surface area contributed by atoms with Crippen LogP contribution in [-0.4, -0.2) is 60.7 Å². The minimum atomic E-state index is 0.752. The first-order chi connectivity index (χ1) is 10.7. The van der Waals surface area contributed by atoms with Crippen LogP contribution in [-0.2, 0) is 0 Å². The average molecular weight is 304 g/mol. The van der Waals surface area contributed by atoms with Gasteiger partial charge in [0.05, 0.1) is 0 Å². The van der Waals surface area contributed by atoms with Crippen molar-refractivity contribution in [2.75, 3.05) is 61.3 Å². The second-order valence-corrected chi connectivity index (χ2v) is 6.53. The van der Waals surface area contributed by atoms with E-state index in [1.807, 2.05) is 0 Å². The van der Waals surface area contributed by atoms with Gasteiger partial charge in [0.15, 0.2) is 11.6 Å². The van der Waals surface area contributed by atoms with Crippen molar-refractivity contribution in [3.05, 3.63) is 6.33 Å². The van der Waals surface area contributed by atoms with Crippen LogP contribution in [0.1, 0.15) is 26.7 Å². The van der Waals surface area contributed by atoms with E-state index in [0.717, 1.165) is 69.1 Å². The zero-order chi connectivity index (χ0) is 15.5. The van der Waals surface area contributed by atoms with Gasteiger partial charge in [0.1, 0.15) is 12.0 Å². The Hall–Kier alpha value is -1.56. The molecule has 3 rings (SSSR count). The number of nitrogens with zero attached hydrogens (tertiary/aromatic N) is 5. The third-order valence-electron chi connectivity index (χ3n) is 5.04. The molecule has 1 aromatic heterocycles. The lowest BCUT2D eigenvalue weighted by Crippen LogP contribution is -2.46. The fourth-order valence-corrected chi connectivity index (χ4v) is 3.38. The maximum Gasteiger partial charge on any atom is 0.157 e. The Balaban J connectivity index is 1.75. The van der Waals surface area contributed by atoms with Gasteiger partial charge < -0.3 is 20.4 Å². The molecule has 122 valence electrons. The molecule has 2 aliphatic rings. The van der Waals surface area contributed by atoms with Crippen LogP contribution in [0.4, 0.5) is 17.3 Å². The lowest BCUT2D eigenvalue weighted by atomic mass is 9.99. The Morgan fingerprint density at radius 1 is 1.00 bits per heavy atom. The van der Waals surface area contributed by atoms with E-state index in [1.54, 1.807) is 6.33 Å². The summed E-state index contributed by atoms with van der Waals surface area (Å²) in [5.41, 5.74) is 7.18. The first kappa shape index (κ1) is 15.3. The first-order valence-corrected chi connectivity index (χ1v) is 8.51. The first-order valence-electron chi connectivity index (χ1n) is 8.51. The van der Waals surface area contributed by atoms with E-state index in [9.17, 15) is 0 Å². The van der Waals surface area contributed by atoms with Crippen LogP contribution in [0.2, 0.25) is 0 Å². The van der Waals surface area contributed by atoms with Crippen molar-refractivity contribution in [2.45, 2.75) is 26.7 Å². The molecule has 0 spiro atoms. The number of hydrogen-bond acceptors (Lipinski definition) is 6. The highest BCUT2D eigenvalue weighted by molar-refractivity contribution is 5.75. The van der Waals surface area contributed by atoms with Gasteiger partial charge >= 0.3 is 0 Å². The van der Waals surface area contributed by atoms with Gasteiger partial charge in [-0.3, -0.25) is 0 Å². The maximum absolute atomic E-state index is 6.42. The molecule has 0 aromatic carbocycles. The Labute approximate surface area is 133 Å². The molecule has 3 heterocycles. The molecule has 6 nitrogen and oxygen atoms in total. The SMILES string of the molecule is CCN1CCN(c2ncnc(N3CCC(C)CC3)c2N)CC1. The predicted molar refractivity (Wildman–Crippen MR) is 91.4 cm³/mol. The van der Waals surface area contributed by atoms with Crippen LogP contribution < -0.4 is 15.5 Å². The highest BCUT2D eigenvalue weighted by atomic mass is 15.3. The molecule has 0 atom stereocenters. The summed E-state index contributed by atoms with van der Waals surface area (Å²) in [6.07, 6.45) is 4.10. The summed E-state index contributed by atoms with van der Waals surface area (Å²) in [6, 6.07) is 0. The molecule has 22 heavy (non-hydrogen) atoms. The number of anilines is 3. The van der Waals surface area contributed by atoms with Gasteiger partial charge in [-0.25, -0.2) is 9.97 Å². The predicted octanol–water partition coefficient (Wildman–Crippen LogP) is 1.44. The molecule has 0 amide bonds. The van der Waals surface area contributed by atoms with E-state index in [1.165, 1.54) is 12.8 Å². The Morgan fingerprint density at radius 3 is 2.09 bits per heavy atom. The van der Waals surface area contributed by atoms with Gasteiger partial charge in [-0.15, -0.1) is 0 Å². The third kappa shape index (κ3) is 3.11. The van der Waals surface area contributed by atoms with E-state index >= 15 is 0 Å². The van der Waals surface area contributed by atoms with Gasteiger partial charge in [0.25, 0.3) is 0 Å². The second kappa shape index (κ2) is 6.69. The van der Waals surface area contributed by atoms with Gasteiger partial charge in [-0.05, 0) is 25.3 Å². The van der Waals surface area contributed by atoms with Crippen LogP contribution in [0.5, 0.6) is 0 Å². The van der Waals surface area contributed by atoms with Crippen molar-refractivity contribution in [1.29, 1.82) is 0 Å². The van der Waals surface area contributed by atoms with E-state index < -0.39 is 0 Å². The maximum atomic E-state index is 6.42. The van der Waals surface area contributed by atoms with Crippen LogP contribution in [0.3, 0.4) is 0 Å². The highest BCUT2D eigenvalue weighted by Crippen LogP contribution is 2.31. The number of rotatable bonds is 3. The summed E-state index contributed by atoms with van der Waals surface area (Å²) in [6.45, 7) is 11.9. The van der Waals surface area contributed by atoms with Crippen LogP contribution in [0, 0.1) is 5.92 Å². The summed E-state index contributed by atoms with van der Waals surface area (Å²) in [7, 11) is 0. The summed E-state index contributed by atoms with van der Waals surface area (Å²) in [5, 5.41) is 0. The number of nitrogens with two attached hydrogens (primary N) is 1. The summed E-state index contributed by atoms with van der Waals surface area (Å²) in [5.74, 6) is 2.65. The summed E-state index contributed by atoms with van der Waals surface area (Å²) < 4.78 is 0. The number of piperidine rings is 1. The lowest BCUT2D eigenvalue weighted by Gasteiger charge is -2.36. The van der Waals surface area contributed by atoms with Gasteiger partial charge in [-0.2, -0.15) is 0 Å². The molecule has 0 aliphatic carbocycles. The topological polar surface area (TPSA) is 61.5 Å². The van der Waals surface area contributed by atoms with Crippen molar-refractivity contribution in [3.8, 4) is 0 Å². The molecular formula is C16H28N6. The van der Waals surface area contributed by atoms with E-state index in [4.69, 9.17) is 5.73 Å². The molecule has 0 saturated carbocycles. The molecule has 2 aliphatic heterocycles. The molecule has 2 fully saturated rings. The Bertz CT molecular complexity index is 489. The zero-order valence-corrected chi connectivity index (χ0v) is 13.8. The largest absolute Gasteiger partial charge is 0.393 e. The van der Waals surface area contributed by atoms with Crippen LogP contribution in [0.15, 0.2) is 6.33 Å². The summed E-state index contributed by atoms with van der Waals surface area (Å²) in [4.78, 5) is 16.0. The van der Waals surface area contributed by atoms with E-state index in [0.29, 0.717) is 0 Å². The Kier molecular flexibility index (Phi) is 4.66. The van der Waals surface area contributed by atoms with Crippen molar-refractivity contribution in [3.63, 3.8) is 0 Å². The standard InChI is InChI=1S/C16H28N6/c1-3-20-8-10-22(11-9-20)16-14(17)15(18-12-19-16)21-6-4-13(2)5-7-21/h12-13H,3-11,17H2,1-2H3. The highest BCUT2D eigenvalue weighted by Gasteiger charge is 2.24. The van der Waals surface area contributed by atoms with Gasteiger partial charge in [0, 0.05) is 39.3 Å². The molecule has 6 heteroatoms. The Morgan fingerprint density at radius 2 is 1.55 bits per heavy atom. The number of piperazine rings is 1. The van der Waals surface area contributed by atoms with Gasteiger partial charge in [-0.1, -0.05) is 13.8 Å². The molecule has 2 saturated heterocycles. The van der Waals surface area contributed by atoms with Crippen molar-refractivity contribution in [1.82, 2.24) is 14.9 Å². The number of aromatic nitrogens is 2. The van der Waals surface area contributed by atoms with Crippen molar-refractivity contribution in [2.24, 2.45) is 5.92 Å². The van der Waals surface area contributed by atoms with E-state index in [-0.39, 0.29) is 0 Å². The third-order valence-corrected chi connectivity index (χ3v) is 5.04. The van der Waals surface area contributed by atoms with Crippen molar-refractivity contribution >= 4 is 17.3 Å². The van der Waals surface area contributed by atoms with Gasteiger partial charge in [0.2, 0.25) is 0 Å². The second-order valence-electron chi connectivity index (χ2n) is 6.53. The fraction of sp³-hybridized carbons (Fsp3) is 0.750. The summed E-state index contributed by atoms with van der Waals surface area (Å²) >= 11 is 0. The molecule has 0 radical (unpaired) electrons. The molecule has 0 bridgehead atoms. The normalized spacial score (nSPS) is 21.4. The fourth-order valence-electron chi connectivity index (χ4n) is 3.38. The lowest BCUT2D eigenvalue weighted by molar-refractivity contribution is 0.270. The quantitative estimate of drug-likeness (QED) is 0.912. The minimum Gasteiger partial charge on any atom is -0.393 e. The van der Waals surface area contributed by atoms with Crippen LogP contribution in [0.25, 0.3) is 0 Å². The van der Waals surface area contributed by atoms with Crippen molar-refractivity contribution < 1.29 is 0 Å². The van der Waals surface area contributed by atoms with E-state index in [2.05, 4.69) is 38.5 Å². The number of nitrogen functional groups attached to an aromatic ring is 1. The molecule has 2 N–H and O–H groups in total. The monoisotopic (exact) mass is 304 g/mol. The smallest absolute Gasteiger partial charge is 0.157 e.